The number of rotatable bonds is 7. The van der Waals surface area contributed by atoms with Crippen molar-refractivity contribution in [1.82, 2.24) is 4.90 Å². The Morgan fingerprint density at radius 3 is 2.46 bits per heavy atom. The van der Waals surface area contributed by atoms with E-state index in [9.17, 15) is 9.50 Å². The van der Waals surface area contributed by atoms with Crippen molar-refractivity contribution in [3.8, 4) is 12.3 Å². The van der Waals surface area contributed by atoms with E-state index in [0.717, 1.165) is 31.9 Å². The third-order valence-corrected chi connectivity index (χ3v) is 4.61. The molecule has 24 heavy (non-hydrogen) atoms. The fraction of sp³-hybridized carbons (Fsp3) is 0.579. The summed E-state index contributed by atoms with van der Waals surface area (Å²) in [4.78, 5) is 4.44. The first kappa shape index (κ1) is 18.7. The third kappa shape index (κ3) is 5.20. The van der Waals surface area contributed by atoms with Gasteiger partial charge in [0.15, 0.2) is 0 Å². The van der Waals surface area contributed by atoms with Crippen LogP contribution in [0.3, 0.4) is 0 Å². The van der Waals surface area contributed by atoms with Gasteiger partial charge in [0.1, 0.15) is 11.4 Å². The molecule has 1 aliphatic rings. The Morgan fingerprint density at radius 1 is 1.29 bits per heavy atom. The van der Waals surface area contributed by atoms with Gasteiger partial charge in [-0.1, -0.05) is 12.8 Å². The number of anilines is 1. The van der Waals surface area contributed by atoms with E-state index in [2.05, 4.69) is 15.7 Å². The number of terminal acetylenes is 1. The fourth-order valence-electron chi connectivity index (χ4n) is 2.72. The summed E-state index contributed by atoms with van der Waals surface area (Å²) in [6.07, 6.45) is 5.63. The molecule has 1 aliphatic heterocycles. The Balaban J connectivity index is 1.74. The Labute approximate surface area is 144 Å². The summed E-state index contributed by atoms with van der Waals surface area (Å²) >= 11 is 0. The van der Waals surface area contributed by atoms with E-state index in [1.54, 1.807) is 12.1 Å². The normalized spacial score (nSPS) is 19.5. The molecule has 0 amide bonds. The second kappa shape index (κ2) is 8.48. The van der Waals surface area contributed by atoms with Crippen LogP contribution < -0.4 is 4.90 Å². The molecule has 4 nitrogen and oxygen atoms in total. The minimum atomic E-state index is -0.609. The number of β-amino-alcohol motifs (C(OH)–C–C–N with tert-alkyl or cyclic N) is 1. The van der Waals surface area contributed by atoms with Gasteiger partial charge in [-0.05, 0) is 37.6 Å². The Hall–Kier alpha value is -1.61. The van der Waals surface area contributed by atoms with Crippen LogP contribution in [0, 0.1) is 18.2 Å². The monoisotopic (exact) mass is 334 g/mol. The van der Waals surface area contributed by atoms with Crippen LogP contribution in [0.1, 0.15) is 20.3 Å². The average molecular weight is 334 g/mol. The van der Waals surface area contributed by atoms with Crippen molar-refractivity contribution in [2.45, 2.75) is 32.0 Å². The number of aliphatic hydroxyl groups excluding tert-OH is 1. The molecule has 0 unspecified atom stereocenters. The van der Waals surface area contributed by atoms with E-state index in [4.69, 9.17) is 11.2 Å². The number of nitrogens with zero attached hydrogens (tertiary/aromatic N) is 2. The van der Waals surface area contributed by atoms with E-state index < -0.39 is 11.7 Å². The van der Waals surface area contributed by atoms with Gasteiger partial charge in [0.25, 0.3) is 0 Å². The molecule has 1 heterocycles. The van der Waals surface area contributed by atoms with E-state index in [1.165, 1.54) is 12.1 Å². The first-order chi connectivity index (χ1) is 11.5. The predicted molar refractivity (Wildman–Crippen MR) is 94.5 cm³/mol. The van der Waals surface area contributed by atoms with Crippen molar-refractivity contribution in [3.63, 3.8) is 0 Å². The number of halogens is 1. The number of hydrogen-bond acceptors (Lipinski definition) is 4. The van der Waals surface area contributed by atoms with Crippen LogP contribution >= 0.6 is 0 Å². The highest BCUT2D eigenvalue weighted by Crippen LogP contribution is 2.17. The van der Waals surface area contributed by atoms with Gasteiger partial charge in [0, 0.05) is 38.4 Å². The van der Waals surface area contributed by atoms with Crippen LogP contribution in [0.15, 0.2) is 24.3 Å². The summed E-state index contributed by atoms with van der Waals surface area (Å²) in [6, 6.07) is 6.58. The van der Waals surface area contributed by atoms with Gasteiger partial charge in [-0.15, -0.1) is 6.42 Å². The lowest BCUT2D eigenvalue weighted by Gasteiger charge is -2.37. The molecular formula is C19H27FN2O2. The maximum absolute atomic E-state index is 13.0. The maximum atomic E-state index is 13.0. The van der Waals surface area contributed by atoms with Gasteiger partial charge in [-0.25, -0.2) is 4.39 Å². The van der Waals surface area contributed by atoms with E-state index in [1.807, 2.05) is 13.8 Å². The highest BCUT2D eigenvalue weighted by Gasteiger charge is 2.23. The summed E-state index contributed by atoms with van der Waals surface area (Å²) in [5.41, 5.74) is 0.426. The molecular weight excluding hydrogens is 307 g/mol. The molecule has 1 saturated heterocycles. The SMILES string of the molecule is C#C[C@](C)(CC)OC[C@H](O)CN1CCN(c2ccc(F)cc2)CC1. The topological polar surface area (TPSA) is 35.9 Å². The molecule has 2 rings (SSSR count). The molecule has 132 valence electrons. The lowest BCUT2D eigenvalue weighted by molar-refractivity contribution is -0.0473. The van der Waals surface area contributed by atoms with E-state index in [0.29, 0.717) is 13.0 Å². The number of hydrogen-bond donors (Lipinski definition) is 1. The van der Waals surface area contributed by atoms with Crippen LogP contribution in [-0.4, -0.2) is 61.0 Å². The standard InChI is InChI=1S/C19H27FN2O2/c1-4-19(3,5-2)24-15-18(23)14-21-10-12-22(13-11-21)17-8-6-16(20)7-9-17/h1,6-9,18,23H,5,10-15H2,2-3H3/t18-,19-/m1/s1. The molecule has 1 aromatic rings. The van der Waals surface area contributed by atoms with Crippen molar-refractivity contribution in [2.75, 3.05) is 44.2 Å². The average Bonchev–Trinajstić information content (AvgIpc) is 2.61. The first-order valence-electron chi connectivity index (χ1n) is 8.48. The van der Waals surface area contributed by atoms with Gasteiger partial charge in [0.2, 0.25) is 0 Å². The van der Waals surface area contributed by atoms with Crippen molar-refractivity contribution < 1.29 is 14.2 Å². The molecule has 1 aromatic carbocycles. The van der Waals surface area contributed by atoms with Gasteiger partial charge in [-0.3, -0.25) is 4.90 Å². The smallest absolute Gasteiger partial charge is 0.125 e. The molecule has 0 radical (unpaired) electrons. The molecule has 0 aromatic heterocycles. The minimum absolute atomic E-state index is 0.216. The molecule has 1 N–H and O–H groups in total. The Bertz CT molecular complexity index is 549. The van der Waals surface area contributed by atoms with Crippen LogP contribution in [-0.2, 0) is 4.74 Å². The zero-order chi connectivity index (χ0) is 17.6. The van der Waals surface area contributed by atoms with Crippen LogP contribution in [0.5, 0.6) is 0 Å². The number of piperazine rings is 1. The van der Waals surface area contributed by atoms with Crippen LogP contribution in [0.4, 0.5) is 10.1 Å². The van der Waals surface area contributed by atoms with Gasteiger partial charge in [0.05, 0.1) is 12.7 Å². The lowest BCUT2D eigenvalue weighted by Crippen LogP contribution is -2.49. The van der Waals surface area contributed by atoms with Crippen LogP contribution in [0.2, 0.25) is 0 Å². The van der Waals surface area contributed by atoms with Crippen LogP contribution in [0.25, 0.3) is 0 Å². The maximum Gasteiger partial charge on any atom is 0.125 e. The summed E-state index contributed by atoms with van der Waals surface area (Å²) in [6.45, 7) is 8.08. The first-order valence-corrected chi connectivity index (χ1v) is 8.48. The van der Waals surface area contributed by atoms with Gasteiger partial charge in [-0.2, -0.15) is 0 Å². The number of ether oxygens (including phenoxy) is 1. The van der Waals surface area contributed by atoms with Gasteiger partial charge >= 0.3 is 0 Å². The zero-order valence-electron chi connectivity index (χ0n) is 14.5. The molecule has 0 spiro atoms. The zero-order valence-corrected chi connectivity index (χ0v) is 14.5. The highest BCUT2D eigenvalue weighted by molar-refractivity contribution is 5.46. The number of aliphatic hydroxyl groups is 1. The Kier molecular flexibility index (Phi) is 6.61. The molecule has 0 bridgehead atoms. The largest absolute Gasteiger partial charge is 0.389 e. The third-order valence-electron chi connectivity index (χ3n) is 4.61. The summed E-state index contributed by atoms with van der Waals surface area (Å²) in [7, 11) is 0. The van der Waals surface area contributed by atoms with E-state index in [-0.39, 0.29) is 12.4 Å². The van der Waals surface area contributed by atoms with Crippen molar-refractivity contribution in [1.29, 1.82) is 0 Å². The van der Waals surface area contributed by atoms with Gasteiger partial charge < -0.3 is 14.7 Å². The van der Waals surface area contributed by atoms with Crippen molar-refractivity contribution in [2.24, 2.45) is 0 Å². The summed E-state index contributed by atoms with van der Waals surface area (Å²) in [5.74, 6) is 2.42. The summed E-state index contributed by atoms with van der Waals surface area (Å²) in [5, 5.41) is 10.2. The quantitative estimate of drug-likeness (QED) is 0.775. The molecule has 5 heteroatoms. The fourth-order valence-corrected chi connectivity index (χ4v) is 2.72. The summed E-state index contributed by atoms with van der Waals surface area (Å²) < 4.78 is 18.7. The van der Waals surface area contributed by atoms with Crippen molar-refractivity contribution in [3.05, 3.63) is 30.1 Å². The molecule has 1 fully saturated rings. The Morgan fingerprint density at radius 2 is 1.92 bits per heavy atom. The predicted octanol–water partition coefficient (Wildman–Crippen LogP) is 2.13. The highest BCUT2D eigenvalue weighted by atomic mass is 19.1. The molecule has 2 atom stereocenters. The molecule has 0 aliphatic carbocycles. The second-order valence-corrected chi connectivity index (χ2v) is 6.46. The lowest BCUT2D eigenvalue weighted by atomic mass is 10.1. The minimum Gasteiger partial charge on any atom is -0.389 e. The van der Waals surface area contributed by atoms with Crippen molar-refractivity contribution >= 4 is 5.69 Å². The molecule has 0 saturated carbocycles. The van der Waals surface area contributed by atoms with E-state index >= 15 is 0 Å². The number of benzene rings is 1. The second-order valence-electron chi connectivity index (χ2n) is 6.46.